The first-order valence-corrected chi connectivity index (χ1v) is 12.2. The fourth-order valence-corrected chi connectivity index (χ4v) is 4.63. The van der Waals surface area contributed by atoms with Crippen molar-refractivity contribution >= 4 is 28.3 Å². The van der Waals surface area contributed by atoms with Gasteiger partial charge in [0, 0.05) is 49.9 Å². The van der Waals surface area contributed by atoms with Gasteiger partial charge in [0.05, 0.1) is 0 Å². The predicted molar refractivity (Wildman–Crippen MR) is 136 cm³/mol. The van der Waals surface area contributed by atoms with E-state index in [2.05, 4.69) is 36.6 Å². The van der Waals surface area contributed by atoms with Gasteiger partial charge in [-0.25, -0.2) is 4.39 Å². The Kier molecular flexibility index (Phi) is 6.86. The molecule has 0 amide bonds. The molecule has 1 fully saturated rings. The number of ether oxygens (including phenoxy) is 1. The predicted octanol–water partition coefficient (Wildman–Crippen LogP) is 5.45. The molecule has 0 bridgehead atoms. The van der Waals surface area contributed by atoms with Gasteiger partial charge in [0.15, 0.2) is 0 Å². The van der Waals surface area contributed by atoms with Crippen molar-refractivity contribution in [2.75, 3.05) is 47.8 Å². The number of halogens is 1. The Bertz CT molecular complexity index is 1190. The molecule has 0 unspecified atom stereocenters. The monoisotopic (exact) mass is 475 g/mol. The molecule has 0 atom stereocenters. The largest absolute Gasteiger partial charge is 0.457 e. The molecular weight excluding hydrogens is 449 g/mol. The highest BCUT2D eigenvalue weighted by Gasteiger charge is 2.20. The molecule has 1 aliphatic heterocycles. The molecular formula is C26H26FN5OS. The molecule has 1 saturated heterocycles. The second-order valence-electron chi connectivity index (χ2n) is 8.09. The number of rotatable bonds is 8. The maximum atomic E-state index is 13.2. The molecule has 34 heavy (non-hydrogen) atoms. The zero-order chi connectivity index (χ0) is 23.2. The molecule has 0 radical (unpaired) electrons. The number of nitrogens with one attached hydrogen (secondary N) is 1. The van der Waals surface area contributed by atoms with Crippen LogP contribution in [0.2, 0.25) is 0 Å². The van der Waals surface area contributed by atoms with Crippen molar-refractivity contribution in [3.8, 4) is 11.5 Å². The summed E-state index contributed by atoms with van der Waals surface area (Å²) in [6.45, 7) is 4.20. The lowest BCUT2D eigenvalue weighted by molar-refractivity contribution is 0.482. The number of anilines is 3. The molecule has 2 heterocycles. The molecule has 0 spiro atoms. The summed E-state index contributed by atoms with van der Waals surface area (Å²) in [4.78, 5) is 9.20. The first-order valence-electron chi connectivity index (χ1n) is 11.4. The summed E-state index contributed by atoms with van der Waals surface area (Å²) in [5.74, 6) is 2.12. The van der Waals surface area contributed by atoms with Gasteiger partial charge in [-0.2, -0.15) is 9.36 Å². The van der Waals surface area contributed by atoms with Crippen LogP contribution in [0.15, 0.2) is 78.9 Å². The Hall–Kier alpha value is -3.65. The third kappa shape index (κ3) is 5.63. The normalized spacial score (nSPS) is 13.7. The fourth-order valence-electron chi connectivity index (χ4n) is 3.93. The van der Waals surface area contributed by atoms with E-state index in [1.165, 1.54) is 29.2 Å². The summed E-state index contributed by atoms with van der Waals surface area (Å²) in [6.07, 6.45) is 0.844. The standard InChI is InChI=1S/C26H26FN5OS/c27-21-9-11-22(12-10-21)31-15-17-32(18-16-31)26-29-25(30-34-26)28-14-13-20-5-4-8-24(19-20)33-23-6-2-1-3-7-23/h1-12,19H,13-18H2,(H,28,30). The average molecular weight is 476 g/mol. The van der Waals surface area contributed by atoms with Crippen molar-refractivity contribution in [2.24, 2.45) is 0 Å². The maximum Gasteiger partial charge on any atom is 0.236 e. The van der Waals surface area contributed by atoms with Crippen LogP contribution in [0.1, 0.15) is 5.56 Å². The van der Waals surface area contributed by atoms with Gasteiger partial charge in [-0.05, 0) is 60.5 Å². The zero-order valence-corrected chi connectivity index (χ0v) is 19.5. The molecule has 174 valence electrons. The topological polar surface area (TPSA) is 53.5 Å². The minimum Gasteiger partial charge on any atom is -0.457 e. The summed E-state index contributed by atoms with van der Waals surface area (Å²) >= 11 is 1.42. The highest BCUT2D eigenvalue weighted by atomic mass is 32.1. The lowest BCUT2D eigenvalue weighted by Gasteiger charge is -2.35. The fraction of sp³-hybridized carbons (Fsp3) is 0.231. The Labute approximate surface area is 202 Å². The van der Waals surface area contributed by atoms with Gasteiger partial charge < -0.3 is 19.9 Å². The molecule has 8 heteroatoms. The van der Waals surface area contributed by atoms with Crippen LogP contribution >= 0.6 is 11.5 Å². The van der Waals surface area contributed by atoms with Gasteiger partial charge >= 0.3 is 0 Å². The van der Waals surface area contributed by atoms with Crippen LogP contribution in [0.25, 0.3) is 0 Å². The zero-order valence-electron chi connectivity index (χ0n) is 18.7. The van der Waals surface area contributed by atoms with E-state index >= 15 is 0 Å². The van der Waals surface area contributed by atoms with Gasteiger partial charge in [-0.15, -0.1) is 0 Å². The molecule has 4 aromatic rings. The summed E-state index contributed by atoms with van der Waals surface area (Å²) in [7, 11) is 0. The van der Waals surface area contributed by atoms with Crippen LogP contribution < -0.4 is 19.9 Å². The number of nitrogens with zero attached hydrogens (tertiary/aromatic N) is 4. The minimum absolute atomic E-state index is 0.204. The number of hydrogen-bond donors (Lipinski definition) is 1. The number of benzene rings is 3. The molecule has 0 saturated carbocycles. The minimum atomic E-state index is -0.204. The highest BCUT2D eigenvalue weighted by Crippen LogP contribution is 2.24. The number of para-hydroxylation sites is 1. The molecule has 3 aromatic carbocycles. The van der Waals surface area contributed by atoms with Crippen LogP contribution in [0.3, 0.4) is 0 Å². The van der Waals surface area contributed by atoms with E-state index in [-0.39, 0.29) is 5.82 Å². The summed E-state index contributed by atoms with van der Waals surface area (Å²) in [6, 6.07) is 24.6. The van der Waals surface area contributed by atoms with Crippen LogP contribution in [0.4, 0.5) is 21.2 Å². The first kappa shape index (κ1) is 22.2. The number of aromatic nitrogens is 2. The van der Waals surface area contributed by atoms with Crippen molar-refractivity contribution in [2.45, 2.75) is 6.42 Å². The van der Waals surface area contributed by atoms with Crippen molar-refractivity contribution in [3.05, 3.63) is 90.2 Å². The van der Waals surface area contributed by atoms with E-state index in [0.717, 1.165) is 61.5 Å². The molecule has 6 nitrogen and oxygen atoms in total. The highest BCUT2D eigenvalue weighted by molar-refractivity contribution is 7.09. The first-order chi connectivity index (χ1) is 16.7. The quantitative estimate of drug-likeness (QED) is 0.366. The van der Waals surface area contributed by atoms with E-state index in [0.29, 0.717) is 5.95 Å². The number of hydrogen-bond acceptors (Lipinski definition) is 7. The van der Waals surface area contributed by atoms with Crippen LogP contribution in [-0.4, -0.2) is 42.1 Å². The summed E-state index contributed by atoms with van der Waals surface area (Å²) in [5, 5.41) is 4.27. The van der Waals surface area contributed by atoms with Crippen molar-refractivity contribution < 1.29 is 9.13 Å². The molecule has 1 N–H and O–H groups in total. The Morgan fingerprint density at radius 1 is 0.853 bits per heavy atom. The average Bonchev–Trinajstić information content (AvgIpc) is 3.35. The summed E-state index contributed by atoms with van der Waals surface area (Å²) < 4.78 is 23.6. The van der Waals surface area contributed by atoms with E-state index in [9.17, 15) is 4.39 Å². The van der Waals surface area contributed by atoms with Crippen LogP contribution in [-0.2, 0) is 6.42 Å². The van der Waals surface area contributed by atoms with Crippen LogP contribution in [0, 0.1) is 5.82 Å². The van der Waals surface area contributed by atoms with E-state index in [1.807, 2.05) is 54.6 Å². The van der Waals surface area contributed by atoms with Gasteiger partial charge in [0.25, 0.3) is 0 Å². The third-order valence-corrected chi connectivity index (χ3v) is 6.51. The second-order valence-corrected chi connectivity index (χ2v) is 8.82. The van der Waals surface area contributed by atoms with Crippen LogP contribution in [0.5, 0.6) is 11.5 Å². The van der Waals surface area contributed by atoms with Gasteiger partial charge in [0.2, 0.25) is 11.1 Å². The lowest BCUT2D eigenvalue weighted by Crippen LogP contribution is -2.46. The van der Waals surface area contributed by atoms with Gasteiger partial charge in [-0.1, -0.05) is 30.3 Å². The van der Waals surface area contributed by atoms with E-state index in [1.54, 1.807) is 0 Å². The molecule has 1 aromatic heterocycles. The van der Waals surface area contributed by atoms with Gasteiger partial charge in [0.1, 0.15) is 17.3 Å². The smallest absolute Gasteiger partial charge is 0.236 e. The third-order valence-electron chi connectivity index (χ3n) is 5.73. The molecule has 0 aliphatic carbocycles. The van der Waals surface area contributed by atoms with Crippen molar-refractivity contribution in [1.29, 1.82) is 0 Å². The van der Waals surface area contributed by atoms with Crippen molar-refractivity contribution in [1.82, 2.24) is 9.36 Å². The Balaban J connectivity index is 1.10. The maximum absolute atomic E-state index is 13.2. The Morgan fingerprint density at radius 2 is 1.59 bits per heavy atom. The van der Waals surface area contributed by atoms with Crippen molar-refractivity contribution in [3.63, 3.8) is 0 Å². The SMILES string of the molecule is Fc1ccc(N2CCN(c3nc(NCCc4cccc(Oc5ccccc5)c4)ns3)CC2)cc1. The second kappa shape index (κ2) is 10.5. The summed E-state index contributed by atoms with van der Waals surface area (Å²) in [5.41, 5.74) is 2.24. The van der Waals surface area contributed by atoms with Gasteiger partial charge in [-0.3, -0.25) is 0 Å². The van der Waals surface area contributed by atoms with E-state index in [4.69, 9.17) is 4.74 Å². The molecule has 1 aliphatic rings. The Morgan fingerprint density at radius 3 is 2.38 bits per heavy atom. The lowest BCUT2D eigenvalue weighted by atomic mass is 10.1. The van der Waals surface area contributed by atoms with E-state index < -0.39 is 0 Å². The number of piperazine rings is 1. The molecule has 5 rings (SSSR count).